The van der Waals surface area contributed by atoms with Crippen LogP contribution >= 0.6 is 11.6 Å². The van der Waals surface area contributed by atoms with E-state index in [0.717, 1.165) is 61.3 Å². The second-order valence-corrected chi connectivity index (χ2v) is 10.1. The molecule has 0 saturated carbocycles. The van der Waals surface area contributed by atoms with Crippen LogP contribution in [0.3, 0.4) is 0 Å². The number of rotatable bonds is 6. The zero-order valence-corrected chi connectivity index (χ0v) is 21.6. The van der Waals surface area contributed by atoms with Crippen LogP contribution in [0.15, 0.2) is 41.2 Å². The summed E-state index contributed by atoms with van der Waals surface area (Å²) in [6, 6.07) is 11.7. The normalized spacial score (nSPS) is 15.9. The van der Waals surface area contributed by atoms with Gasteiger partial charge in [0.2, 0.25) is 6.79 Å². The first-order valence-electron chi connectivity index (χ1n) is 12.2. The van der Waals surface area contributed by atoms with Gasteiger partial charge < -0.3 is 29.2 Å². The highest BCUT2D eigenvalue weighted by Crippen LogP contribution is 2.33. The molecule has 5 rings (SSSR count). The number of pyridine rings is 1. The molecule has 190 valence electrons. The highest BCUT2D eigenvalue weighted by Gasteiger charge is 2.26. The molecule has 0 spiro atoms. The summed E-state index contributed by atoms with van der Waals surface area (Å²) in [5.74, 6) is 1.31. The van der Waals surface area contributed by atoms with Crippen molar-refractivity contribution < 1.29 is 14.3 Å². The van der Waals surface area contributed by atoms with Crippen molar-refractivity contribution in [3.8, 4) is 11.5 Å². The molecule has 2 aromatic carbocycles. The average Bonchev–Trinajstić information content (AvgIpc) is 3.34. The second-order valence-electron chi connectivity index (χ2n) is 9.67. The number of nitrogens with one attached hydrogen (secondary N) is 1. The molecule has 1 fully saturated rings. The highest BCUT2D eigenvalue weighted by molar-refractivity contribution is 6.31. The summed E-state index contributed by atoms with van der Waals surface area (Å²) in [5, 5.41) is 4.91. The van der Waals surface area contributed by atoms with Gasteiger partial charge in [-0.1, -0.05) is 17.7 Å². The van der Waals surface area contributed by atoms with Crippen LogP contribution in [0.2, 0.25) is 5.02 Å². The molecule has 1 aromatic heterocycles. The molecule has 3 heterocycles. The zero-order chi connectivity index (χ0) is 25.4. The Balaban J connectivity index is 1.31. The van der Waals surface area contributed by atoms with Gasteiger partial charge in [0.05, 0.1) is 11.2 Å². The SMILES string of the molecule is CN(C)C(=O)c1c(NC2CCN(CCc3ccc4c(c3)OCO4)CC2)c2cc(Cl)ccc2n(C)c1=O. The fourth-order valence-corrected chi connectivity index (χ4v) is 5.15. The third-order valence-electron chi connectivity index (χ3n) is 7.07. The molecule has 1 saturated heterocycles. The number of nitrogens with zero attached hydrogens (tertiary/aromatic N) is 3. The molecule has 3 aromatic rings. The first-order chi connectivity index (χ1) is 17.3. The van der Waals surface area contributed by atoms with Gasteiger partial charge in [-0.2, -0.15) is 0 Å². The number of ether oxygens (including phenoxy) is 2. The standard InChI is InChI=1S/C27H31ClN4O4/c1-30(2)26(33)24-25(20-15-18(28)5-6-21(20)31(3)27(24)34)29-19-9-12-32(13-10-19)11-8-17-4-7-22-23(14-17)36-16-35-22/h4-7,14-15,19,29H,8-13,16H2,1-3H3. The van der Waals surface area contributed by atoms with Gasteiger partial charge in [-0.05, 0) is 55.2 Å². The molecule has 9 heteroatoms. The Morgan fingerprint density at radius 3 is 2.61 bits per heavy atom. The van der Waals surface area contributed by atoms with Gasteiger partial charge >= 0.3 is 0 Å². The smallest absolute Gasteiger partial charge is 0.265 e. The zero-order valence-electron chi connectivity index (χ0n) is 20.8. The molecule has 0 bridgehead atoms. The van der Waals surface area contributed by atoms with Crippen LogP contribution < -0.4 is 20.3 Å². The van der Waals surface area contributed by atoms with Crippen LogP contribution in [0.25, 0.3) is 10.9 Å². The predicted molar refractivity (Wildman–Crippen MR) is 142 cm³/mol. The van der Waals surface area contributed by atoms with Crippen molar-refractivity contribution in [1.82, 2.24) is 14.4 Å². The number of carbonyl (C=O) groups is 1. The van der Waals surface area contributed by atoms with Crippen molar-refractivity contribution in [2.45, 2.75) is 25.3 Å². The molecule has 1 N–H and O–H groups in total. The van der Waals surface area contributed by atoms with E-state index < -0.39 is 0 Å². The van der Waals surface area contributed by atoms with Gasteiger partial charge in [0.15, 0.2) is 11.5 Å². The fraction of sp³-hybridized carbons (Fsp3) is 0.407. The number of halogens is 1. The summed E-state index contributed by atoms with van der Waals surface area (Å²) in [5.41, 5.74) is 2.39. The molecule has 1 amide bonds. The van der Waals surface area contributed by atoms with Crippen LogP contribution in [0.1, 0.15) is 28.8 Å². The molecule has 2 aliphatic heterocycles. The Hall–Kier alpha value is -3.23. The van der Waals surface area contributed by atoms with E-state index in [0.29, 0.717) is 10.7 Å². The monoisotopic (exact) mass is 510 g/mol. The summed E-state index contributed by atoms with van der Waals surface area (Å²) >= 11 is 6.32. The van der Waals surface area contributed by atoms with Crippen molar-refractivity contribution >= 4 is 34.1 Å². The van der Waals surface area contributed by atoms with E-state index in [2.05, 4.69) is 22.3 Å². The number of amides is 1. The molecule has 0 atom stereocenters. The van der Waals surface area contributed by atoms with Gasteiger partial charge in [-0.3, -0.25) is 9.59 Å². The van der Waals surface area contributed by atoms with Gasteiger partial charge in [-0.25, -0.2) is 0 Å². The lowest BCUT2D eigenvalue weighted by Crippen LogP contribution is -2.41. The number of hydrogen-bond acceptors (Lipinski definition) is 6. The average molecular weight is 511 g/mol. The molecule has 0 radical (unpaired) electrons. The lowest BCUT2D eigenvalue weighted by Gasteiger charge is -2.33. The third kappa shape index (κ3) is 4.75. The van der Waals surface area contributed by atoms with Gasteiger partial charge in [-0.15, -0.1) is 0 Å². The summed E-state index contributed by atoms with van der Waals surface area (Å²) in [4.78, 5) is 30.2. The van der Waals surface area contributed by atoms with Gasteiger partial charge in [0, 0.05) is 57.2 Å². The summed E-state index contributed by atoms with van der Waals surface area (Å²) in [6.45, 7) is 3.11. The number of benzene rings is 2. The van der Waals surface area contributed by atoms with E-state index in [4.69, 9.17) is 21.1 Å². The number of carbonyl (C=O) groups excluding carboxylic acids is 1. The first kappa shape index (κ1) is 24.5. The van der Waals surface area contributed by atoms with Crippen LogP contribution in [-0.2, 0) is 13.5 Å². The maximum absolute atomic E-state index is 13.2. The largest absolute Gasteiger partial charge is 0.454 e. The Labute approximate surface area is 215 Å². The highest BCUT2D eigenvalue weighted by atomic mass is 35.5. The minimum absolute atomic E-state index is 0.148. The number of aryl methyl sites for hydroxylation is 1. The minimum atomic E-state index is -0.318. The number of hydrogen-bond donors (Lipinski definition) is 1. The molecule has 36 heavy (non-hydrogen) atoms. The third-order valence-corrected chi connectivity index (χ3v) is 7.30. The fourth-order valence-electron chi connectivity index (χ4n) is 4.98. The van der Waals surface area contributed by atoms with Crippen LogP contribution in [0.4, 0.5) is 5.69 Å². The molecular weight excluding hydrogens is 480 g/mol. The minimum Gasteiger partial charge on any atom is -0.454 e. The predicted octanol–water partition coefficient (Wildman–Crippen LogP) is 3.74. The molecule has 0 aliphatic carbocycles. The number of likely N-dealkylation sites (tertiary alicyclic amines) is 1. The Bertz CT molecular complexity index is 1360. The first-order valence-corrected chi connectivity index (χ1v) is 12.6. The van der Waals surface area contributed by atoms with E-state index in [-0.39, 0.29) is 29.9 Å². The molecule has 0 unspecified atom stereocenters. The van der Waals surface area contributed by atoms with E-state index in [9.17, 15) is 9.59 Å². The summed E-state index contributed by atoms with van der Waals surface area (Å²) in [6.07, 6.45) is 2.76. The summed E-state index contributed by atoms with van der Waals surface area (Å²) < 4.78 is 12.4. The van der Waals surface area contributed by atoms with Crippen molar-refractivity contribution in [3.63, 3.8) is 0 Å². The van der Waals surface area contributed by atoms with Crippen molar-refractivity contribution in [1.29, 1.82) is 0 Å². The Morgan fingerprint density at radius 1 is 1.11 bits per heavy atom. The van der Waals surface area contributed by atoms with Crippen LogP contribution in [0.5, 0.6) is 11.5 Å². The molecule has 2 aliphatic rings. The lowest BCUT2D eigenvalue weighted by molar-refractivity contribution is 0.0826. The number of piperidine rings is 1. The quantitative estimate of drug-likeness (QED) is 0.544. The second kappa shape index (κ2) is 10.0. The van der Waals surface area contributed by atoms with Crippen molar-refractivity contribution in [2.75, 3.05) is 45.8 Å². The lowest BCUT2D eigenvalue weighted by atomic mass is 10.0. The maximum Gasteiger partial charge on any atom is 0.265 e. The topological polar surface area (TPSA) is 76.0 Å². The van der Waals surface area contributed by atoms with E-state index in [1.165, 1.54) is 15.0 Å². The van der Waals surface area contributed by atoms with E-state index in [1.54, 1.807) is 27.2 Å². The molecule has 8 nitrogen and oxygen atoms in total. The van der Waals surface area contributed by atoms with Crippen LogP contribution in [0, 0.1) is 0 Å². The number of anilines is 1. The van der Waals surface area contributed by atoms with Gasteiger partial charge in [0.25, 0.3) is 11.5 Å². The Morgan fingerprint density at radius 2 is 1.86 bits per heavy atom. The maximum atomic E-state index is 13.2. The van der Waals surface area contributed by atoms with Crippen LogP contribution in [-0.4, -0.2) is 66.8 Å². The van der Waals surface area contributed by atoms with Crippen molar-refractivity contribution in [3.05, 3.63) is 62.9 Å². The molecular formula is C27H31ClN4O4. The van der Waals surface area contributed by atoms with Gasteiger partial charge in [0.1, 0.15) is 5.56 Å². The number of aromatic nitrogens is 1. The number of fused-ring (bicyclic) bond motifs is 2. The summed E-state index contributed by atoms with van der Waals surface area (Å²) in [7, 11) is 5.01. The van der Waals surface area contributed by atoms with Crippen molar-refractivity contribution in [2.24, 2.45) is 7.05 Å². The van der Waals surface area contributed by atoms with E-state index in [1.807, 2.05) is 18.2 Å². The Kier molecular flexibility index (Phi) is 6.81. The van der Waals surface area contributed by atoms with E-state index >= 15 is 0 Å².